The molecule has 0 aliphatic heterocycles. The Hall–Kier alpha value is -1.97. The minimum Gasteiger partial charge on any atom is -0.411 e. The van der Waals surface area contributed by atoms with Crippen LogP contribution in [0.15, 0.2) is 29.4 Å². The average molecular weight is 215 g/mol. The third kappa shape index (κ3) is 1.86. The minimum atomic E-state index is -0.0397. The van der Waals surface area contributed by atoms with E-state index < -0.39 is 0 Å². The first-order valence-corrected chi connectivity index (χ1v) is 5.13. The lowest BCUT2D eigenvalue weighted by Gasteiger charge is -2.09. The SMILES string of the molecule is Cc1nc2ccccc2nc1C(C)C=NO. The molecule has 0 saturated carbocycles. The Morgan fingerprint density at radius 2 is 1.88 bits per heavy atom. The van der Waals surface area contributed by atoms with Crippen LogP contribution in [0.2, 0.25) is 0 Å². The molecule has 0 aliphatic carbocycles. The summed E-state index contributed by atoms with van der Waals surface area (Å²) in [6.45, 7) is 3.84. The number of fused-ring (bicyclic) bond motifs is 1. The van der Waals surface area contributed by atoms with Gasteiger partial charge in [0.15, 0.2) is 0 Å². The second-order valence-electron chi connectivity index (χ2n) is 3.74. The Morgan fingerprint density at radius 1 is 1.25 bits per heavy atom. The quantitative estimate of drug-likeness (QED) is 0.475. The zero-order valence-corrected chi connectivity index (χ0v) is 9.25. The Morgan fingerprint density at radius 3 is 2.50 bits per heavy atom. The number of aryl methyl sites for hydroxylation is 1. The Kier molecular flexibility index (Phi) is 2.81. The van der Waals surface area contributed by atoms with Crippen molar-refractivity contribution >= 4 is 17.2 Å². The molecule has 0 amide bonds. The van der Waals surface area contributed by atoms with Crippen molar-refractivity contribution < 1.29 is 5.21 Å². The number of oxime groups is 1. The van der Waals surface area contributed by atoms with Gasteiger partial charge in [-0.05, 0) is 19.1 Å². The largest absolute Gasteiger partial charge is 0.411 e. The van der Waals surface area contributed by atoms with Gasteiger partial charge >= 0.3 is 0 Å². The van der Waals surface area contributed by atoms with Gasteiger partial charge in [0.1, 0.15) is 0 Å². The van der Waals surface area contributed by atoms with E-state index in [1.54, 1.807) is 0 Å². The normalized spacial score (nSPS) is 13.4. The van der Waals surface area contributed by atoms with Gasteiger partial charge in [-0.3, -0.25) is 0 Å². The molecular weight excluding hydrogens is 202 g/mol. The molecule has 2 aromatic rings. The fourth-order valence-electron chi connectivity index (χ4n) is 1.70. The molecule has 1 N–H and O–H groups in total. The van der Waals surface area contributed by atoms with E-state index in [0.717, 1.165) is 22.4 Å². The van der Waals surface area contributed by atoms with E-state index in [-0.39, 0.29) is 5.92 Å². The van der Waals surface area contributed by atoms with Crippen molar-refractivity contribution in [1.29, 1.82) is 0 Å². The summed E-state index contributed by atoms with van der Waals surface area (Å²) in [4.78, 5) is 9.00. The Balaban J connectivity index is 2.58. The predicted octanol–water partition coefficient (Wildman–Crippen LogP) is 2.50. The highest BCUT2D eigenvalue weighted by Gasteiger charge is 2.10. The lowest BCUT2D eigenvalue weighted by Crippen LogP contribution is -2.04. The third-order valence-corrected chi connectivity index (χ3v) is 2.50. The third-order valence-electron chi connectivity index (χ3n) is 2.50. The molecule has 0 saturated heterocycles. The van der Waals surface area contributed by atoms with Crippen LogP contribution in [0.4, 0.5) is 0 Å². The van der Waals surface area contributed by atoms with Gasteiger partial charge in [0.05, 0.1) is 28.6 Å². The first-order chi connectivity index (χ1) is 7.72. The highest BCUT2D eigenvalue weighted by Crippen LogP contribution is 2.18. The summed E-state index contributed by atoms with van der Waals surface area (Å²) in [6, 6.07) is 7.73. The van der Waals surface area contributed by atoms with Gasteiger partial charge in [-0.25, -0.2) is 9.97 Å². The topological polar surface area (TPSA) is 58.4 Å². The van der Waals surface area contributed by atoms with Gasteiger partial charge in [0.25, 0.3) is 0 Å². The van der Waals surface area contributed by atoms with Crippen LogP contribution < -0.4 is 0 Å². The highest BCUT2D eigenvalue weighted by atomic mass is 16.4. The summed E-state index contributed by atoms with van der Waals surface area (Å²) < 4.78 is 0. The van der Waals surface area contributed by atoms with E-state index in [2.05, 4.69) is 15.1 Å². The zero-order valence-electron chi connectivity index (χ0n) is 9.25. The van der Waals surface area contributed by atoms with Gasteiger partial charge in [-0.15, -0.1) is 5.16 Å². The van der Waals surface area contributed by atoms with Gasteiger partial charge in [-0.2, -0.15) is 0 Å². The molecule has 1 unspecified atom stereocenters. The first-order valence-electron chi connectivity index (χ1n) is 5.13. The minimum absolute atomic E-state index is 0.0397. The van der Waals surface area contributed by atoms with Crippen molar-refractivity contribution in [2.45, 2.75) is 19.8 Å². The molecule has 2 rings (SSSR count). The maximum absolute atomic E-state index is 8.52. The summed E-state index contributed by atoms with van der Waals surface area (Å²) in [7, 11) is 0. The second kappa shape index (κ2) is 4.26. The predicted molar refractivity (Wildman–Crippen MR) is 63.0 cm³/mol. The summed E-state index contributed by atoms with van der Waals surface area (Å²) in [5, 5.41) is 11.6. The van der Waals surface area contributed by atoms with Crippen molar-refractivity contribution in [2.75, 3.05) is 0 Å². The molecule has 1 aromatic carbocycles. The van der Waals surface area contributed by atoms with Gasteiger partial charge in [-0.1, -0.05) is 19.1 Å². The average Bonchev–Trinajstić information content (AvgIpc) is 2.28. The number of aromatic nitrogens is 2. The molecule has 4 nitrogen and oxygen atoms in total. The molecule has 82 valence electrons. The highest BCUT2D eigenvalue weighted by molar-refractivity contribution is 5.75. The zero-order chi connectivity index (χ0) is 11.5. The smallest absolute Gasteiger partial charge is 0.0890 e. The summed E-state index contributed by atoms with van der Waals surface area (Å²) in [6.07, 6.45) is 1.45. The summed E-state index contributed by atoms with van der Waals surface area (Å²) >= 11 is 0. The van der Waals surface area contributed by atoms with Crippen LogP contribution in [0.5, 0.6) is 0 Å². The molecule has 0 bridgehead atoms. The molecule has 1 heterocycles. The van der Waals surface area contributed by atoms with Gasteiger partial charge in [0, 0.05) is 5.92 Å². The van der Waals surface area contributed by atoms with E-state index in [1.165, 1.54) is 6.21 Å². The number of hydrogen-bond acceptors (Lipinski definition) is 4. The standard InChI is InChI=1S/C12H13N3O/c1-8(7-13-16)12-9(2)14-10-5-3-4-6-11(10)15-12/h3-8,16H,1-2H3. The Bertz CT molecular complexity index is 537. The van der Waals surface area contributed by atoms with Crippen LogP contribution in [-0.2, 0) is 0 Å². The van der Waals surface area contributed by atoms with Crippen molar-refractivity contribution in [3.63, 3.8) is 0 Å². The van der Waals surface area contributed by atoms with Crippen molar-refractivity contribution in [3.05, 3.63) is 35.7 Å². The lowest BCUT2D eigenvalue weighted by atomic mass is 10.1. The van der Waals surface area contributed by atoms with Crippen LogP contribution in [0, 0.1) is 6.92 Å². The molecule has 4 heteroatoms. The van der Waals surface area contributed by atoms with E-state index in [4.69, 9.17) is 5.21 Å². The van der Waals surface area contributed by atoms with E-state index in [0.29, 0.717) is 0 Å². The van der Waals surface area contributed by atoms with E-state index >= 15 is 0 Å². The number of nitrogens with zero attached hydrogens (tertiary/aromatic N) is 3. The second-order valence-corrected chi connectivity index (χ2v) is 3.74. The number of para-hydroxylation sites is 2. The molecule has 1 aromatic heterocycles. The molecule has 0 fully saturated rings. The lowest BCUT2D eigenvalue weighted by molar-refractivity contribution is 0.320. The molecule has 0 spiro atoms. The van der Waals surface area contributed by atoms with Crippen LogP contribution in [-0.4, -0.2) is 21.4 Å². The van der Waals surface area contributed by atoms with Gasteiger partial charge in [0.2, 0.25) is 0 Å². The molecule has 0 aliphatic rings. The monoisotopic (exact) mass is 215 g/mol. The van der Waals surface area contributed by atoms with Crippen molar-refractivity contribution in [2.24, 2.45) is 5.16 Å². The fraction of sp³-hybridized carbons (Fsp3) is 0.250. The molecule has 0 radical (unpaired) electrons. The number of benzene rings is 1. The van der Waals surface area contributed by atoms with Gasteiger partial charge < -0.3 is 5.21 Å². The molecular formula is C12H13N3O. The Labute approximate surface area is 93.7 Å². The fourth-order valence-corrected chi connectivity index (χ4v) is 1.70. The maximum atomic E-state index is 8.52. The van der Waals surface area contributed by atoms with Crippen molar-refractivity contribution in [1.82, 2.24) is 9.97 Å². The van der Waals surface area contributed by atoms with Crippen LogP contribution in [0.3, 0.4) is 0 Å². The first kappa shape index (κ1) is 10.5. The van der Waals surface area contributed by atoms with Crippen LogP contribution >= 0.6 is 0 Å². The van der Waals surface area contributed by atoms with Crippen LogP contribution in [0.25, 0.3) is 11.0 Å². The van der Waals surface area contributed by atoms with Crippen molar-refractivity contribution in [3.8, 4) is 0 Å². The number of hydrogen-bond donors (Lipinski definition) is 1. The molecule has 1 atom stereocenters. The summed E-state index contributed by atoms with van der Waals surface area (Å²) in [5.74, 6) is -0.0397. The number of rotatable bonds is 2. The maximum Gasteiger partial charge on any atom is 0.0890 e. The summed E-state index contributed by atoms with van der Waals surface area (Å²) in [5.41, 5.74) is 3.46. The van der Waals surface area contributed by atoms with Crippen LogP contribution in [0.1, 0.15) is 24.2 Å². The van der Waals surface area contributed by atoms with E-state index in [1.807, 2.05) is 38.1 Å². The van der Waals surface area contributed by atoms with E-state index in [9.17, 15) is 0 Å². The molecule has 16 heavy (non-hydrogen) atoms.